The van der Waals surface area contributed by atoms with Crippen LogP contribution >= 0.6 is 0 Å². The molecule has 0 unspecified atom stereocenters. The molecule has 3 saturated heterocycles. The molecule has 29 heavy (non-hydrogen) atoms. The Morgan fingerprint density at radius 3 is 2.59 bits per heavy atom. The molecular weight excluding hydrogens is 360 g/mol. The number of nitrogens with zero attached hydrogens (tertiary/aromatic N) is 2. The van der Waals surface area contributed by atoms with Gasteiger partial charge in [-0.05, 0) is 96.3 Å². The van der Waals surface area contributed by atoms with Crippen molar-refractivity contribution in [2.45, 2.75) is 90.2 Å². The van der Waals surface area contributed by atoms with E-state index in [0.29, 0.717) is 5.92 Å². The van der Waals surface area contributed by atoms with Crippen molar-refractivity contribution >= 4 is 5.97 Å². The molecule has 0 amide bonds. The van der Waals surface area contributed by atoms with E-state index in [1.807, 2.05) is 0 Å². The molecule has 0 aromatic rings. The maximum Gasteiger partial charge on any atom is 0.310 e. The van der Waals surface area contributed by atoms with E-state index in [2.05, 4.69) is 23.6 Å². The second-order valence-corrected chi connectivity index (χ2v) is 11.0. The summed E-state index contributed by atoms with van der Waals surface area (Å²) in [7, 11) is 0. The maximum absolute atomic E-state index is 12.8. The van der Waals surface area contributed by atoms with Crippen molar-refractivity contribution in [3.8, 4) is 0 Å². The number of piperidine rings is 2. The molecule has 0 spiro atoms. The van der Waals surface area contributed by atoms with Crippen molar-refractivity contribution in [2.75, 3.05) is 32.7 Å². The molecular formula is C25H40N2O2. The van der Waals surface area contributed by atoms with Crippen molar-refractivity contribution in [2.24, 2.45) is 17.3 Å². The number of allylic oxidation sites excluding steroid dienone is 2. The summed E-state index contributed by atoms with van der Waals surface area (Å²) in [4.78, 5) is 18.2. The third-order valence-corrected chi connectivity index (χ3v) is 9.10. The third-order valence-electron chi connectivity index (χ3n) is 9.10. The summed E-state index contributed by atoms with van der Waals surface area (Å²) >= 11 is 0. The van der Waals surface area contributed by atoms with Crippen LogP contribution in [0.25, 0.3) is 0 Å². The van der Waals surface area contributed by atoms with E-state index in [1.54, 1.807) is 11.1 Å². The standard InChI is InChI=1S/C25H40N2O2/c1-18-7-6-10-25(2)16-23-20(15-22(18)25)21(24(28)29-23)17-26-13-8-19(9-14-26)27-11-4-3-5-12-27/h19-21,23H,3-17H2,1-2H3/t20-,21+,23-,25-/m1/s1. The number of hydrogen-bond donors (Lipinski definition) is 0. The van der Waals surface area contributed by atoms with Crippen LogP contribution in [0.4, 0.5) is 0 Å². The van der Waals surface area contributed by atoms with Crippen LogP contribution in [0.5, 0.6) is 0 Å². The molecule has 4 heteroatoms. The lowest BCUT2D eigenvalue weighted by Gasteiger charge is -2.46. The molecule has 0 aromatic heterocycles. The van der Waals surface area contributed by atoms with E-state index in [-0.39, 0.29) is 23.4 Å². The minimum absolute atomic E-state index is 0.0957. The van der Waals surface area contributed by atoms with E-state index in [9.17, 15) is 4.79 Å². The zero-order valence-electron chi connectivity index (χ0n) is 18.6. The fourth-order valence-corrected chi connectivity index (χ4v) is 7.35. The Hall–Kier alpha value is -0.870. The molecule has 2 aliphatic carbocycles. The van der Waals surface area contributed by atoms with E-state index in [1.165, 1.54) is 64.5 Å². The minimum atomic E-state index is 0.0957. The lowest BCUT2D eigenvalue weighted by molar-refractivity contribution is -0.145. The zero-order valence-corrected chi connectivity index (χ0v) is 18.6. The van der Waals surface area contributed by atoms with Gasteiger partial charge in [0.05, 0.1) is 5.92 Å². The Balaban J connectivity index is 1.21. The van der Waals surface area contributed by atoms with Crippen molar-refractivity contribution in [3.63, 3.8) is 0 Å². The average Bonchev–Trinajstić information content (AvgIpc) is 3.01. The summed E-state index contributed by atoms with van der Waals surface area (Å²) in [6, 6.07) is 0.778. The predicted octanol–water partition coefficient (Wildman–Crippen LogP) is 4.40. The Kier molecular flexibility index (Phi) is 5.53. The molecule has 3 aliphatic heterocycles. The molecule has 1 saturated carbocycles. The predicted molar refractivity (Wildman–Crippen MR) is 116 cm³/mol. The quantitative estimate of drug-likeness (QED) is 0.519. The van der Waals surface area contributed by atoms with Crippen LogP contribution in [0.15, 0.2) is 11.1 Å². The topological polar surface area (TPSA) is 32.8 Å². The zero-order chi connectivity index (χ0) is 20.0. The first-order chi connectivity index (χ1) is 14.0. The van der Waals surface area contributed by atoms with Crippen LogP contribution in [-0.2, 0) is 9.53 Å². The van der Waals surface area contributed by atoms with Crippen LogP contribution in [0, 0.1) is 17.3 Å². The molecule has 4 nitrogen and oxygen atoms in total. The Bertz CT molecular complexity index is 660. The summed E-state index contributed by atoms with van der Waals surface area (Å²) < 4.78 is 5.99. The molecule has 162 valence electrons. The van der Waals surface area contributed by atoms with Gasteiger partial charge in [-0.2, -0.15) is 0 Å². The minimum Gasteiger partial charge on any atom is -0.462 e. The number of ether oxygens (including phenoxy) is 1. The van der Waals surface area contributed by atoms with Gasteiger partial charge in [0.2, 0.25) is 0 Å². The SMILES string of the molecule is CC1=C2C[C@@H]3[C@H](CN4CCC(N5CCCCC5)CC4)C(=O)O[C@@H]3C[C@@]2(C)CCC1. The number of likely N-dealkylation sites (tertiary alicyclic amines) is 2. The number of esters is 1. The van der Waals surface area contributed by atoms with Gasteiger partial charge >= 0.3 is 5.97 Å². The summed E-state index contributed by atoms with van der Waals surface area (Å²) in [5.74, 6) is 0.607. The molecule has 0 aromatic carbocycles. The summed E-state index contributed by atoms with van der Waals surface area (Å²) in [6.07, 6.45) is 12.9. The number of fused-ring (bicyclic) bond motifs is 2. The lowest BCUT2D eigenvalue weighted by Crippen LogP contribution is -2.48. The van der Waals surface area contributed by atoms with Gasteiger partial charge in [-0.15, -0.1) is 0 Å². The molecule has 5 aliphatic rings. The van der Waals surface area contributed by atoms with Crippen LogP contribution in [-0.4, -0.2) is 60.6 Å². The lowest BCUT2D eigenvalue weighted by atomic mass is 9.59. The van der Waals surface area contributed by atoms with Gasteiger partial charge in [-0.25, -0.2) is 0 Å². The molecule has 4 atom stereocenters. The highest BCUT2D eigenvalue weighted by molar-refractivity contribution is 5.76. The largest absolute Gasteiger partial charge is 0.462 e. The summed E-state index contributed by atoms with van der Waals surface area (Å²) in [6.45, 7) is 10.6. The number of carbonyl (C=O) groups is 1. The first-order valence-electron chi connectivity index (χ1n) is 12.4. The van der Waals surface area contributed by atoms with E-state index in [0.717, 1.165) is 38.5 Å². The van der Waals surface area contributed by atoms with Gasteiger partial charge in [0.15, 0.2) is 0 Å². The summed E-state index contributed by atoms with van der Waals surface area (Å²) in [5.41, 5.74) is 3.57. The second-order valence-electron chi connectivity index (χ2n) is 11.0. The maximum atomic E-state index is 12.8. The van der Waals surface area contributed by atoms with Gasteiger partial charge in [-0.1, -0.05) is 24.5 Å². The third kappa shape index (κ3) is 3.80. The number of rotatable bonds is 3. The smallest absolute Gasteiger partial charge is 0.310 e. The van der Waals surface area contributed by atoms with Crippen LogP contribution in [0.1, 0.15) is 78.1 Å². The van der Waals surface area contributed by atoms with E-state index >= 15 is 0 Å². The second kappa shape index (κ2) is 8.00. The van der Waals surface area contributed by atoms with Crippen molar-refractivity contribution in [1.29, 1.82) is 0 Å². The molecule has 4 fully saturated rings. The Morgan fingerprint density at radius 2 is 1.83 bits per heavy atom. The highest BCUT2D eigenvalue weighted by Gasteiger charge is 2.53. The highest BCUT2D eigenvalue weighted by atomic mass is 16.6. The van der Waals surface area contributed by atoms with Gasteiger partial charge in [0, 0.05) is 18.5 Å². The van der Waals surface area contributed by atoms with Crippen LogP contribution in [0.2, 0.25) is 0 Å². The monoisotopic (exact) mass is 400 g/mol. The first kappa shape index (κ1) is 20.1. The van der Waals surface area contributed by atoms with Crippen LogP contribution < -0.4 is 0 Å². The fourth-order valence-electron chi connectivity index (χ4n) is 7.35. The van der Waals surface area contributed by atoms with Gasteiger partial charge in [-0.3, -0.25) is 4.79 Å². The fraction of sp³-hybridized carbons (Fsp3) is 0.880. The first-order valence-corrected chi connectivity index (χ1v) is 12.4. The molecule has 3 heterocycles. The number of carbonyl (C=O) groups excluding carboxylic acids is 1. The molecule has 0 bridgehead atoms. The molecule has 5 rings (SSSR count). The van der Waals surface area contributed by atoms with E-state index in [4.69, 9.17) is 4.74 Å². The number of hydrogen-bond acceptors (Lipinski definition) is 4. The summed E-state index contributed by atoms with van der Waals surface area (Å²) in [5, 5.41) is 0. The normalized spacial score (nSPS) is 39.9. The van der Waals surface area contributed by atoms with Crippen LogP contribution in [0.3, 0.4) is 0 Å². The molecule has 0 N–H and O–H groups in total. The Labute approximate surface area is 177 Å². The van der Waals surface area contributed by atoms with Gasteiger partial charge in [0.25, 0.3) is 0 Å². The average molecular weight is 401 g/mol. The van der Waals surface area contributed by atoms with Gasteiger partial charge < -0.3 is 14.5 Å². The van der Waals surface area contributed by atoms with Crippen molar-refractivity contribution < 1.29 is 9.53 Å². The van der Waals surface area contributed by atoms with Crippen molar-refractivity contribution in [1.82, 2.24) is 9.80 Å². The van der Waals surface area contributed by atoms with Crippen molar-refractivity contribution in [3.05, 3.63) is 11.1 Å². The van der Waals surface area contributed by atoms with Gasteiger partial charge in [0.1, 0.15) is 6.10 Å². The Morgan fingerprint density at radius 1 is 1.07 bits per heavy atom. The van der Waals surface area contributed by atoms with E-state index < -0.39 is 0 Å². The molecule has 0 radical (unpaired) electrons. The highest BCUT2D eigenvalue weighted by Crippen LogP contribution is 2.55.